The van der Waals surface area contributed by atoms with Crippen molar-refractivity contribution in [3.05, 3.63) is 20.3 Å². The summed E-state index contributed by atoms with van der Waals surface area (Å²) in [5.41, 5.74) is 0. The molecular weight excluding hydrogens is 316 g/mol. The van der Waals surface area contributed by atoms with Crippen molar-refractivity contribution in [1.29, 1.82) is 0 Å². The summed E-state index contributed by atoms with van der Waals surface area (Å²) in [4.78, 5) is 13.9. The van der Waals surface area contributed by atoms with E-state index in [1.165, 1.54) is 9.75 Å². The van der Waals surface area contributed by atoms with Gasteiger partial charge in [-0.3, -0.25) is 4.79 Å². The van der Waals surface area contributed by atoms with Crippen molar-refractivity contribution < 1.29 is 9.53 Å². The van der Waals surface area contributed by atoms with Crippen molar-refractivity contribution in [2.24, 2.45) is 0 Å². The first-order valence-corrected chi connectivity index (χ1v) is 7.45. The van der Waals surface area contributed by atoms with Crippen LogP contribution in [0.3, 0.4) is 0 Å². The van der Waals surface area contributed by atoms with E-state index in [9.17, 15) is 4.79 Å². The molecule has 102 valence electrons. The largest absolute Gasteiger partial charge is 0.383 e. The first-order valence-electron chi connectivity index (χ1n) is 5.84. The fourth-order valence-electron chi connectivity index (χ4n) is 1.40. The molecule has 1 aromatic rings. The van der Waals surface area contributed by atoms with E-state index in [0.717, 1.165) is 11.0 Å². The third-order valence-electron chi connectivity index (χ3n) is 2.36. The van der Waals surface area contributed by atoms with Gasteiger partial charge in [-0.2, -0.15) is 0 Å². The van der Waals surface area contributed by atoms with Crippen LogP contribution >= 0.6 is 27.3 Å². The zero-order chi connectivity index (χ0) is 13.4. The van der Waals surface area contributed by atoms with E-state index in [1.807, 2.05) is 0 Å². The molecule has 0 aliphatic rings. The highest BCUT2D eigenvalue weighted by Crippen LogP contribution is 2.25. The number of hydrogen-bond donors (Lipinski definition) is 2. The fraction of sp³-hybridized carbons (Fsp3) is 0.583. The zero-order valence-electron chi connectivity index (χ0n) is 10.7. The van der Waals surface area contributed by atoms with E-state index in [-0.39, 0.29) is 5.91 Å². The minimum absolute atomic E-state index is 0.0584. The van der Waals surface area contributed by atoms with E-state index in [1.54, 1.807) is 18.4 Å². The molecule has 1 rings (SSSR count). The molecule has 0 radical (unpaired) electrons. The molecule has 0 spiro atoms. The highest BCUT2D eigenvalue weighted by molar-refractivity contribution is 9.10. The maximum absolute atomic E-state index is 11.4. The molecule has 0 atom stereocenters. The predicted molar refractivity (Wildman–Crippen MR) is 78.0 cm³/mol. The van der Waals surface area contributed by atoms with Crippen LogP contribution in [0.1, 0.15) is 16.2 Å². The number of carbonyl (C=O) groups excluding carboxylic acids is 1. The van der Waals surface area contributed by atoms with E-state index in [4.69, 9.17) is 4.74 Å². The summed E-state index contributed by atoms with van der Waals surface area (Å²) in [6.07, 6.45) is 0.495. The second-order valence-corrected chi connectivity index (χ2v) is 6.08. The molecule has 0 bridgehead atoms. The molecule has 0 saturated heterocycles. The van der Waals surface area contributed by atoms with Gasteiger partial charge in [-0.25, -0.2) is 0 Å². The number of aryl methyl sites for hydroxylation is 1. The van der Waals surface area contributed by atoms with Gasteiger partial charge in [0.1, 0.15) is 0 Å². The summed E-state index contributed by atoms with van der Waals surface area (Å²) < 4.78 is 6.01. The number of thiophene rings is 1. The van der Waals surface area contributed by atoms with Crippen LogP contribution in [0.5, 0.6) is 0 Å². The van der Waals surface area contributed by atoms with E-state index >= 15 is 0 Å². The molecule has 1 heterocycles. The van der Waals surface area contributed by atoms with E-state index in [2.05, 4.69) is 39.6 Å². The lowest BCUT2D eigenvalue weighted by Crippen LogP contribution is -2.29. The summed E-state index contributed by atoms with van der Waals surface area (Å²) in [6, 6.07) is 2.12. The Balaban J connectivity index is 2.09. The highest BCUT2D eigenvalue weighted by atomic mass is 79.9. The molecule has 2 N–H and O–H groups in total. The molecule has 18 heavy (non-hydrogen) atoms. The van der Waals surface area contributed by atoms with Crippen molar-refractivity contribution in [2.45, 2.75) is 19.9 Å². The van der Waals surface area contributed by atoms with Crippen LogP contribution in [-0.2, 0) is 16.1 Å². The van der Waals surface area contributed by atoms with Gasteiger partial charge >= 0.3 is 0 Å². The Kier molecular flexibility index (Phi) is 7.50. The Morgan fingerprint density at radius 1 is 1.50 bits per heavy atom. The van der Waals surface area contributed by atoms with Crippen LogP contribution in [0.4, 0.5) is 0 Å². The van der Waals surface area contributed by atoms with Gasteiger partial charge in [0.25, 0.3) is 0 Å². The Morgan fingerprint density at radius 3 is 2.89 bits per heavy atom. The molecule has 1 aromatic heterocycles. The van der Waals surface area contributed by atoms with Gasteiger partial charge in [0.15, 0.2) is 0 Å². The monoisotopic (exact) mass is 334 g/mol. The molecule has 6 heteroatoms. The van der Waals surface area contributed by atoms with Crippen LogP contribution in [0.25, 0.3) is 0 Å². The first kappa shape index (κ1) is 15.6. The average Bonchev–Trinajstić information content (AvgIpc) is 2.65. The SMILES string of the molecule is COCCNC(=O)CCNCc1cc(Br)c(C)s1. The van der Waals surface area contributed by atoms with Crippen molar-refractivity contribution >= 4 is 33.2 Å². The van der Waals surface area contributed by atoms with Gasteiger partial charge in [-0.15, -0.1) is 11.3 Å². The minimum Gasteiger partial charge on any atom is -0.383 e. The minimum atomic E-state index is 0.0584. The molecule has 0 unspecified atom stereocenters. The topological polar surface area (TPSA) is 50.4 Å². The summed E-state index contributed by atoms with van der Waals surface area (Å²) >= 11 is 5.25. The van der Waals surface area contributed by atoms with Crippen LogP contribution in [0.15, 0.2) is 10.5 Å². The molecular formula is C12H19BrN2O2S. The standard InChI is InChI=1S/C12H19BrN2O2S/c1-9-11(13)7-10(18-9)8-14-4-3-12(16)15-5-6-17-2/h7,14H,3-6,8H2,1-2H3,(H,15,16). The predicted octanol–water partition coefficient (Wildman–Crippen LogP) is 2.06. The maximum Gasteiger partial charge on any atom is 0.221 e. The highest BCUT2D eigenvalue weighted by Gasteiger charge is 2.03. The van der Waals surface area contributed by atoms with Gasteiger partial charge < -0.3 is 15.4 Å². The fourth-order valence-corrected chi connectivity index (χ4v) is 2.97. The summed E-state index contributed by atoms with van der Waals surface area (Å²) in [5.74, 6) is 0.0584. The van der Waals surface area contributed by atoms with Gasteiger partial charge in [0, 0.05) is 47.4 Å². The zero-order valence-corrected chi connectivity index (χ0v) is 13.1. The average molecular weight is 335 g/mol. The molecule has 0 saturated carbocycles. The molecule has 1 amide bonds. The second-order valence-electron chi connectivity index (χ2n) is 3.89. The Labute approximate surface area is 120 Å². The summed E-state index contributed by atoms with van der Waals surface area (Å²) in [5, 5.41) is 6.05. The molecule has 0 aromatic carbocycles. The van der Waals surface area contributed by atoms with E-state index in [0.29, 0.717) is 26.1 Å². The van der Waals surface area contributed by atoms with Crippen molar-refractivity contribution in [3.63, 3.8) is 0 Å². The van der Waals surface area contributed by atoms with Crippen LogP contribution in [0.2, 0.25) is 0 Å². The lowest BCUT2D eigenvalue weighted by Gasteiger charge is -2.05. The first-order chi connectivity index (χ1) is 8.63. The third kappa shape index (κ3) is 5.95. The van der Waals surface area contributed by atoms with Crippen molar-refractivity contribution in [2.75, 3.05) is 26.8 Å². The Bertz CT molecular complexity index is 363. The Morgan fingerprint density at radius 2 is 2.28 bits per heavy atom. The second kappa shape index (κ2) is 8.63. The molecule has 0 fully saturated rings. The smallest absolute Gasteiger partial charge is 0.221 e. The van der Waals surface area contributed by atoms with Gasteiger partial charge in [0.2, 0.25) is 5.91 Å². The lowest BCUT2D eigenvalue weighted by atomic mass is 10.3. The summed E-state index contributed by atoms with van der Waals surface area (Å²) in [7, 11) is 1.62. The van der Waals surface area contributed by atoms with Crippen LogP contribution in [0, 0.1) is 6.92 Å². The quantitative estimate of drug-likeness (QED) is 0.715. The number of halogens is 1. The number of rotatable bonds is 8. The maximum atomic E-state index is 11.4. The molecule has 4 nitrogen and oxygen atoms in total. The number of hydrogen-bond acceptors (Lipinski definition) is 4. The summed E-state index contributed by atoms with van der Waals surface area (Å²) in [6.45, 7) is 4.71. The number of amides is 1. The van der Waals surface area contributed by atoms with Crippen molar-refractivity contribution in [1.82, 2.24) is 10.6 Å². The number of methoxy groups -OCH3 is 1. The normalized spacial score (nSPS) is 10.6. The van der Waals surface area contributed by atoms with Crippen molar-refractivity contribution in [3.8, 4) is 0 Å². The van der Waals surface area contributed by atoms with Gasteiger partial charge in [-0.05, 0) is 28.9 Å². The van der Waals surface area contributed by atoms with Gasteiger partial charge in [0.05, 0.1) is 6.61 Å². The number of ether oxygens (including phenoxy) is 1. The number of nitrogens with one attached hydrogen (secondary N) is 2. The van der Waals surface area contributed by atoms with E-state index < -0.39 is 0 Å². The van der Waals surface area contributed by atoms with Crippen LogP contribution in [-0.4, -0.2) is 32.7 Å². The van der Waals surface area contributed by atoms with Gasteiger partial charge in [-0.1, -0.05) is 0 Å². The third-order valence-corrected chi connectivity index (χ3v) is 4.50. The lowest BCUT2D eigenvalue weighted by molar-refractivity contribution is -0.121. The molecule has 0 aliphatic heterocycles. The Hall–Kier alpha value is -0.430. The number of carbonyl (C=O) groups is 1. The molecule has 0 aliphatic carbocycles. The van der Waals surface area contributed by atoms with Crippen LogP contribution < -0.4 is 10.6 Å².